The molecule has 9 aromatic rings. The van der Waals surface area contributed by atoms with E-state index in [1.54, 1.807) is 6.08 Å². The molecule has 0 atom stereocenters. The van der Waals surface area contributed by atoms with Crippen LogP contribution in [0.4, 0.5) is 0 Å². The molecule has 246 valence electrons. The number of aldehydes is 1. The summed E-state index contributed by atoms with van der Waals surface area (Å²) in [5.41, 5.74) is 11.2. The van der Waals surface area contributed by atoms with E-state index in [1.807, 2.05) is 24.3 Å². The van der Waals surface area contributed by atoms with Crippen molar-refractivity contribution in [2.45, 2.75) is 0 Å². The van der Waals surface area contributed by atoms with Crippen LogP contribution in [0.1, 0.15) is 15.9 Å². The molecule has 0 amide bonds. The molecule has 0 fully saturated rings. The van der Waals surface area contributed by atoms with Gasteiger partial charge in [0, 0.05) is 34.5 Å². The monoisotopic (exact) mass is 665 g/mol. The number of nitrogens with zero attached hydrogens (tertiary/aromatic N) is 1. The van der Waals surface area contributed by atoms with Crippen LogP contribution in [0, 0.1) is 0 Å². The van der Waals surface area contributed by atoms with Crippen molar-refractivity contribution in [1.29, 1.82) is 0 Å². The number of benzene rings is 8. The van der Waals surface area contributed by atoms with E-state index < -0.39 is 0 Å². The van der Waals surface area contributed by atoms with Crippen LogP contribution in [0.15, 0.2) is 177 Å². The van der Waals surface area contributed by atoms with Gasteiger partial charge >= 0.3 is 0 Å². The third-order valence-corrected chi connectivity index (χ3v) is 10.6. The van der Waals surface area contributed by atoms with Gasteiger partial charge in [-0.1, -0.05) is 135 Å². The van der Waals surface area contributed by atoms with Crippen LogP contribution in [-0.4, -0.2) is 10.9 Å². The van der Waals surface area contributed by atoms with Crippen molar-refractivity contribution >= 4 is 66.0 Å². The van der Waals surface area contributed by atoms with Gasteiger partial charge in [-0.3, -0.25) is 4.79 Å². The number of aryl methyl sites for hydroxylation is 1. The number of allylic oxidation sites excluding steroid dienone is 4. The molecule has 52 heavy (non-hydrogen) atoms. The third kappa shape index (κ3) is 5.00. The number of hydrogen-bond donors (Lipinski definition) is 0. The number of aromatic nitrogens is 1. The molecule has 1 aromatic heterocycles. The van der Waals surface area contributed by atoms with Gasteiger partial charge in [-0.15, -0.1) is 0 Å². The molecular weight excluding hydrogens is 631 g/mol. The first kappa shape index (κ1) is 31.2. The Balaban J connectivity index is 1.31. The fourth-order valence-electron chi connectivity index (χ4n) is 8.05. The summed E-state index contributed by atoms with van der Waals surface area (Å²) >= 11 is 0. The zero-order valence-corrected chi connectivity index (χ0v) is 28.9. The average Bonchev–Trinajstić information content (AvgIpc) is 3.49. The van der Waals surface area contributed by atoms with E-state index in [2.05, 4.69) is 158 Å². The Morgan fingerprint density at radius 2 is 1.33 bits per heavy atom. The highest BCUT2D eigenvalue weighted by molar-refractivity contribution is 6.17. The third-order valence-electron chi connectivity index (χ3n) is 10.6. The van der Waals surface area contributed by atoms with E-state index in [1.165, 1.54) is 37.9 Å². The van der Waals surface area contributed by atoms with E-state index in [0.29, 0.717) is 5.56 Å². The maximum Gasteiger partial charge on any atom is 0.150 e. The topological polar surface area (TPSA) is 22.0 Å². The van der Waals surface area contributed by atoms with Gasteiger partial charge in [0.15, 0.2) is 6.29 Å². The molecule has 8 aromatic carbocycles. The summed E-state index contributed by atoms with van der Waals surface area (Å²) in [6, 6.07) is 51.9. The van der Waals surface area contributed by atoms with Crippen molar-refractivity contribution in [3.8, 4) is 33.4 Å². The highest BCUT2D eigenvalue weighted by Crippen LogP contribution is 2.42. The first-order valence-electron chi connectivity index (χ1n) is 17.6. The molecule has 0 saturated carbocycles. The van der Waals surface area contributed by atoms with Crippen LogP contribution in [0.2, 0.25) is 0 Å². The Kier molecular flexibility index (Phi) is 7.52. The summed E-state index contributed by atoms with van der Waals surface area (Å²) < 4.78 is 2.26. The van der Waals surface area contributed by atoms with E-state index >= 15 is 0 Å². The minimum atomic E-state index is 0.641. The quantitative estimate of drug-likeness (QED) is 0.0719. The highest BCUT2D eigenvalue weighted by atomic mass is 16.1. The van der Waals surface area contributed by atoms with Crippen LogP contribution in [0.25, 0.3) is 93.1 Å². The van der Waals surface area contributed by atoms with Crippen LogP contribution >= 0.6 is 0 Å². The Morgan fingerprint density at radius 1 is 0.538 bits per heavy atom. The SMILES string of the molecule is C=C/C=C(\C=C)c1cc(-c2cc(-c3cccc4c3ccc3cc5ccccc5cc34)ccc2C=O)c2c(c1)c1cc(-c3ccccc3)ccc1n2C. The molecule has 0 aliphatic carbocycles. The van der Waals surface area contributed by atoms with Crippen molar-refractivity contribution in [2.24, 2.45) is 7.05 Å². The number of hydrogen-bond acceptors (Lipinski definition) is 1. The second-order valence-corrected chi connectivity index (χ2v) is 13.4. The van der Waals surface area contributed by atoms with Gasteiger partial charge in [0.25, 0.3) is 0 Å². The zero-order valence-electron chi connectivity index (χ0n) is 28.9. The normalized spacial score (nSPS) is 11.9. The summed E-state index contributed by atoms with van der Waals surface area (Å²) in [5, 5.41) is 9.57. The van der Waals surface area contributed by atoms with Crippen molar-refractivity contribution < 1.29 is 4.79 Å². The molecule has 2 heteroatoms. The molecule has 9 rings (SSSR count). The number of fused-ring (bicyclic) bond motifs is 7. The van der Waals surface area contributed by atoms with E-state index in [-0.39, 0.29) is 0 Å². The van der Waals surface area contributed by atoms with Crippen molar-refractivity contribution in [2.75, 3.05) is 0 Å². The molecule has 0 N–H and O–H groups in total. The second-order valence-electron chi connectivity index (χ2n) is 13.4. The maximum absolute atomic E-state index is 12.8. The predicted octanol–water partition coefficient (Wildman–Crippen LogP) is 13.4. The fraction of sp³-hybridized carbons (Fsp3) is 0.0200. The van der Waals surface area contributed by atoms with Crippen LogP contribution in [-0.2, 0) is 7.05 Å². The van der Waals surface area contributed by atoms with E-state index in [0.717, 1.165) is 67.0 Å². The fourth-order valence-corrected chi connectivity index (χ4v) is 8.05. The molecule has 0 aliphatic heterocycles. The lowest BCUT2D eigenvalue weighted by Gasteiger charge is -2.16. The van der Waals surface area contributed by atoms with Gasteiger partial charge in [-0.05, 0) is 114 Å². The number of rotatable bonds is 7. The second kappa shape index (κ2) is 12.5. The van der Waals surface area contributed by atoms with Crippen LogP contribution < -0.4 is 0 Å². The van der Waals surface area contributed by atoms with Gasteiger partial charge in [-0.25, -0.2) is 0 Å². The molecule has 1 heterocycles. The standard InChI is InChI=1S/C50H35NO/c1-4-12-32(5-2)40-29-47(50-48(30-40)46-27-36(22-24-49(46)51(50)3)33-13-7-6-8-14-33)45-28-38(19-20-39(45)31-52)41-17-11-18-42-43(41)23-21-37-25-34-15-9-10-16-35(34)26-44(37)42/h4-31H,1-2H2,3H3/b32-12+. The van der Waals surface area contributed by atoms with Crippen molar-refractivity contribution in [3.63, 3.8) is 0 Å². The van der Waals surface area contributed by atoms with Gasteiger partial charge in [-0.2, -0.15) is 0 Å². The summed E-state index contributed by atoms with van der Waals surface area (Å²) in [6.07, 6.45) is 6.62. The summed E-state index contributed by atoms with van der Waals surface area (Å²) in [5.74, 6) is 0. The van der Waals surface area contributed by atoms with Crippen molar-refractivity contribution in [3.05, 3.63) is 188 Å². The lowest BCUT2D eigenvalue weighted by molar-refractivity contribution is 0.112. The lowest BCUT2D eigenvalue weighted by atomic mass is 9.89. The average molecular weight is 666 g/mol. The zero-order chi connectivity index (χ0) is 35.3. The van der Waals surface area contributed by atoms with Gasteiger partial charge in [0.1, 0.15) is 0 Å². The Bertz CT molecular complexity index is 2960. The molecule has 0 bridgehead atoms. The molecule has 0 radical (unpaired) electrons. The van der Waals surface area contributed by atoms with E-state index in [4.69, 9.17) is 0 Å². The Labute approximate surface area is 302 Å². The molecule has 0 spiro atoms. The molecule has 0 unspecified atom stereocenters. The van der Waals surface area contributed by atoms with Crippen LogP contribution in [0.5, 0.6) is 0 Å². The minimum absolute atomic E-state index is 0.641. The first-order chi connectivity index (χ1) is 25.6. The summed E-state index contributed by atoms with van der Waals surface area (Å²) in [6.45, 7) is 8.11. The van der Waals surface area contributed by atoms with E-state index in [9.17, 15) is 4.79 Å². The summed E-state index contributed by atoms with van der Waals surface area (Å²) in [7, 11) is 2.12. The van der Waals surface area contributed by atoms with Gasteiger partial charge < -0.3 is 4.57 Å². The van der Waals surface area contributed by atoms with Gasteiger partial charge in [0.05, 0.1) is 5.52 Å². The first-order valence-corrected chi connectivity index (χ1v) is 17.6. The minimum Gasteiger partial charge on any atom is -0.343 e. The largest absolute Gasteiger partial charge is 0.343 e. The molecular formula is C50H35NO. The molecule has 0 aliphatic rings. The highest BCUT2D eigenvalue weighted by Gasteiger charge is 2.20. The maximum atomic E-state index is 12.8. The Hall–Kier alpha value is -6.77. The summed E-state index contributed by atoms with van der Waals surface area (Å²) in [4.78, 5) is 12.8. The smallest absolute Gasteiger partial charge is 0.150 e. The predicted molar refractivity (Wildman–Crippen MR) is 223 cm³/mol. The van der Waals surface area contributed by atoms with Crippen LogP contribution in [0.3, 0.4) is 0 Å². The number of carbonyl (C=O) groups is 1. The lowest BCUT2D eigenvalue weighted by Crippen LogP contribution is -1.96. The van der Waals surface area contributed by atoms with Gasteiger partial charge in [0.2, 0.25) is 0 Å². The molecule has 2 nitrogen and oxygen atoms in total. The Morgan fingerprint density at radius 3 is 2.12 bits per heavy atom. The molecule has 0 saturated heterocycles. The van der Waals surface area contributed by atoms with Crippen molar-refractivity contribution in [1.82, 2.24) is 4.57 Å². The number of carbonyl (C=O) groups excluding carboxylic acids is 1.